The summed E-state index contributed by atoms with van der Waals surface area (Å²) in [5, 5.41) is 10.1. The molecular formula is C26H33NO2. The summed E-state index contributed by atoms with van der Waals surface area (Å²) in [6.45, 7) is 11.7. The molecule has 154 valence electrons. The molecule has 1 heterocycles. The molecule has 2 fully saturated rings. The lowest BCUT2D eigenvalue weighted by Gasteiger charge is -2.32. The highest BCUT2D eigenvalue weighted by atomic mass is 16.3. The smallest absolute Gasteiger partial charge is 0.225 e. The van der Waals surface area contributed by atoms with Gasteiger partial charge in [-0.25, -0.2) is 0 Å². The van der Waals surface area contributed by atoms with Crippen molar-refractivity contribution in [2.24, 2.45) is 11.8 Å². The number of aliphatic hydroxyl groups excluding tert-OH is 1. The molecule has 3 aliphatic rings. The van der Waals surface area contributed by atoms with E-state index >= 15 is 0 Å². The van der Waals surface area contributed by atoms with Crippen molar-refractivity contribution in [2.75, 3.05) is 13.1 Å². The van der Waals surface area contributed by atoms with Gasteiger partial charge in [-0.3, -0.25) is 4.79 Å². The molecule has 2 aliphatic carbocycles. The second-order valence-corrected chi connectivity index (χ2v) is 9.09. The highest BCUT2D eigenvalue weighted by molar-refractivity contribution is 5.81. The van der Waals surface area contributed by atoms with Crippen LogP contribution < -0.4 is 0 Å². The van der Waals surface area contributed by atoms with Crippen molar-refractivity contribution in [3.05, 3.63) is 71.0 Å². The Morgan fingerprint density at radius 3 is 2.52 bits per heavy atom. The van der Waals surface area contributed by atoms with Gasteiger partial charge >= 0.3 is 0 Å². The van der Waals surface area contributed by atoms with Gasteiger partial charge in [0, 0.05) is 19.0 Å². The summed E-state index contributed by atoms with van der Waals surface area (Å²) in [5.74, 6) is 1.79. The molecule has 29 heavy (non-hydrogen) atoms. The van der Waals surface area contributed by atoms with Crippen LogP contribution in [0.15, 0.2) is 54.3 Å². The summed E-state index contributed by atoms with van der Waals surface area (Å²) < 4.78 is 0. The monoisotopic (exact) mass is 391 g/mol. The Morgan fingerprint density at radius 1 is 1.21 bits per heavy atom. The predicted octanol–water partition coefficient (Wildman–Crippen LogP) is 5.62. The zero-order chi connectivity index (χ0) is 20.5. The first-order chi connectivity index (χ1) is 14.0. The highest BCUT2D eigenvalue weighted by Crippen LogP contribution is 2.39. The maximum atomic E-state index is 12.3. The van der Waals surface area contributed by atoms with Gasteiger partial charge < -0.3 is 10.0 Å². The average Bonchev–Trinajstić information content (AvgIpc) is 3.49. The van der Waals surface area contributed by atoms with Crippen LogP contribution in [-0.2, 0) is 11.2 Å². The Hall–Kier alpha value is -2.29. The topological polar surface area (TPSA) is 40.5 Å². The Labute approximate surface area is 174 Å². The summed E-state index contributed by atoms with van der Waals surface area (Å²) in [6, 6.07) is 6.90. The first-order valence-corrected chi connectivity index (χ1v) is 11.1. The van der Waals surface area contributed by atoms with Gasteiger partial charge in [-0.05, 0) is 91.5 Å². The van der Waals surface area contributed by atoms with E-state index in [0.717, 1.165) is 69.2 Å². The molecule has 1 atom stereocenters. The van der Waals surface area contributed by atoms with Gasteiger partial charge in [-0.1, -0.05) is 37.4 Å². The van der Waals surface area contributed by atoms with Crippen LogP contribution in [0.1, 0.15) is 61.1 Å². The lowest BCUT2D eigenvalue weighted by Crippen LogP contribution is -2.38. The Bertz CT molecular complexity index is 853. The fourth-order valence-electron chi connectivity index (χ4n) is 5.20. The number of nitrogens with zero attached hydrogens (tertiary/aromatic N) is 1. The zero-order valence-corrected chi connectivity index (χ0v) is 17.6. The third-order valence-corrected chi connectivity index (χ3v) is 7.11. The maximum absolute atomic E-state index is 12.3. The van der Waals surface area contributed by atoms with Crippen molar-refractivity contribution >= 4 is 5.91 Å². The van der Waals surface area contributed by atoms with Crippen LogP contribution >= 0.6 is 0 Å². The Kier molecular flexibility index (Phi) is 5.67. The quantitative estimate of drug-likeness (QED) is 0.640. The molecule has 0 spiro atoms. The molecule has 1 saturated carbocycles. The third-order valence-electron chi connectivity index (χ3n) is 7.11. The SMILES string of the molecule is C=CC1=C(C(=C)O)C(Cc2ccc(C3CCN(C(=O)C4CC4)CC3)cc2C)CC1. The highest BCUT2D eigenvalue weighted by Gasteiger charge is 2.35. The van der Waals surface area contributed by atoms with Gasteiger partial charge in [-0.15, -0.1) is 0 Å². The number of carbonyl (C=O) groups excluding carboxylic acids is 1. The molecule has 1 N–H and O–H groups in total. The summed E-state index contributed by atoms with van der Waals surface area (Å²) in [7, 11) is 0. The lowest BCUT2D eigenvalue weighted by atomic mass is 9.85. The van der Waals surface area contributed by atoms with Crippen LogP contribution in [0.4, 0.5) is 0 Å². The molecule has 1 unspecified atom stereocenters. The van der Waals surface area contributed by atoms with E-state index < -0.39 is 0 Å². The van der Waals surface area contributed by atoms with E-state index in [1.165, 1.54) is 16.7 Å². The van der Waals surface area contributed by atoms with E-state index in [-0.39, 0.29) is 5.76 Å². The van der Waals surface area contributed by atoms with Crippen molar-refractivity contribution in [2.45, 2.75) is 57.8 Å². The molecular weight excluding hydrogens is 358 g/mol. The Morgan fingerprint density at radius 2 is 1.93 bits per heavy atom. The van der Waals surface area contributed by atoms with Gasteiger partial charge in [-0.2, -0.15) is 0 Å². The number of aryl methyl sites for hydroxylation is 1. The minimum atomic E-state index is 0.198. The van der Waals surface area contributed by atoms with Crippen molar-refractivity contribution in [3.8, 4) is 0 Å². The largest absolute Gasteiger partial charge is 0.508 e. The normalized spacial score (nSPS) is 22.8. The van der Waals surface area contributed by atoms with E-state index in [1.807, 2.05) is 6.08 Å². The molecule has 1 saturated heterocycles. The van der Waals surface area contributed by atoms with Gasteiger partial charge in [0.25, 0.3) is 0 Å². The van der Waals surface area contributed by atoms with E-state index in [0.29, 0.717) is 23.7 Å². The van der Waals surface area contributed by atoms with Crippen LogP contribution in [0.2, 0.25) is 0 Å². The number of hydrogen-bond donors (Lipinski definition) is 1. The number of benzene rings is 1. The third kappa shape index (κ3) is 4.19. The number of likely N-dealkylation sites (tertiary alicyclic amines) is 1. The summed E-state index contributed by atoms with van der Waals surface area (Å²) in [4.78, 5) is 14.4. The first-order valence-electron chi connectivity index (χ1n) is 11.1. The second-order valence-electron chi connectivity index (χ2n) is 9.09. The van der Waals surface area contributed by atoms with E-state index in [9.17, 15) is 9.90 Å². The zero-order valence-electron chi connectivity index (χ0n) is 17.6. The van der Waals surface area contributed by atoms with Crippen LogP contribution in [-0.4, -0.2) is 29.0 Å². The number of aliphatic hydroxyl groups is 1. The van der Waals surface area contributed by atoms with Gasteiger partial charge in [0.1, 0.15) is 5.76 Å². The predicted molar refractivity (Wildman–Crippen MR) is 118 cm³/mol. The Balaban J connectivity index is 1.41. The molecule has 0 aromatic heterocycles. The summed E-state index contributed by atoms with van der Waals surface area (Å²) in [6.07, 6.45) is 9.15. The second kappa shape index (κ2) is 8.22. The summed E-state index contributed by atoms with van der Waals surface area (Å²) in [5.41, 5.74) is 6.23. The number of rotatable bonds is 6. The standard InChI is InChI=1S/C26H33NO2/c1-4-19-5-10-24(25(19)18(3)28)16-22-8-9-23(15-17(22)2)20-11-13-27(14-12-20)26(29)21-6-7-21/h4,8-9,15,20-21,24,28H,1,3,5-7,10-14,16H2,2H3. The number of hydrogen-bond acceptors (Lipinski definition) is 2. The number of piperidine rings is 1. The van der Waals surface area contributed by atoms with Gasteiger partial charge in [0.05, 0.1) is 0 Å². The molecule has 0 radical (unpaired) electrons. The van der Waals surface area contributed by atoms with E-state index in [1.54, 1.807) is 0 Å². The minimum Gasteiger partial charge on any atom is -0.508 e. The van der Waals surface area contributed by atoms with Gasteiger partial charge in [0.15, 0.2) is 0 Å². The minimum absolute atomic E-state index is 0.198. The first kappa shape index (κ1) is 20.0. The lowest BCUT2D eigenvalue weighted by molar-refractivity contribution is -0.133. The van der Waals surface area contributed by atoms with Crippen molar-refractivity contribution in [1.29, 1.82) is 0 Å². The number of amides is 1. The molecule has 1 amide bonds. The number of carbonyl (C=O) groups is 1. The van der Waals surface area contributed by atoms with Crippen LogP contribution in [0.5, 0.6) is 0 Å². The van der Waals surface area contributed by atoms with Crippen LogP contribution in [0.25, 0.3) is 0 Å². The van der Waals surface area contributed by atoms with Crippen LogP contribution in [0, 0.1) is 18.8 Å². The van der Waals surface area contributed by atoms with Crippen LogP contribution in [0.3, 0.4) is 0 Å². The van der Waals surface area contributed by atoms with Crippen molar-refractivity contribution in [3.63, 3.8) is 0 Å². The molecule has 3 heteroatoms. The average molecular weight is 392 g/mol. The fraction of sp³-hybridized carbons (Fsp3) is 0.500. The molecule has 0 bridgehead atoms. The molecule has 3 nitrogen and oxygen atoms in total. The molecule has 4 rings (SSSR count). The summed E-state index contributed by atoms with van der Waals surface area (Å²) >= 11 is 0. The number of allylic oxidation sites excluding steroid dienone is 3. The fourth-order valence-corrected chi connectivity index (χ4v) is 5.20. The van der Waals surface area contributed by atoms with Crippen molar-refractivity contribution < 1.29 is 9.90 Å². The van der Waals surface area contributed by atoms with Gasteiger partial charge in [0.2, 0.25) is 5.91 Å². The molecule has 1 aromatic carbocycles. The molecule has 1 aromatic rings. The maximum Gasteiger partial charge on any atom is 0.225 e. The van der Waals surface area contributed by atoms with Crippen molar-refractivity contribution in [1.82, 2.24) is 4.90 Å². The molecule has 1 aliphatic heterocycles. The van der Waals surface area contributed by atoms with E-state index in [4.69, 9.17) is 0 Å². The van der Waals surface area contributed by atoms with E-state index in [2.05, 4.69) is 43.2 Å².